The number of pyridine rings is 1. The maximum atomic E-state index is 13.4. The second kappa shape index (κ2) is 12.3. The molecule has 1 aliphatic rings. The maximum absolute atomic E-state index is 13.4. The zero-order valence-corrected chi connectivity index (χ0v) is 22.4. The summed E-state index contributed by atoms with van der Waals surface area (Å²) in [7, 11) is 7.69. The first-order valence-corrected chi connectivity index (χ1v) is 12.3. The van der Waals surface area contributed by atoms with Gasteiger partial charge < -0.3 is 20.0 Å². The smallest absolute Gasteiger partial charge is 0.378 e. The van der Waals surface area contributed by atoms with Gasteiger partial charge in [0.2, 0.25) is 0 Å². The van der Waals surface area contributed by atoms with Gasteiger partial charge in [-0.05, 0) is 50.2 Å². The van der Waals surface area contributed by atoms with Crippen LogP contribution >= 0.6 is 0 Å². The van der Waals surface area contributed by atoms with Gasteiger partial charge >= 0.3 is 6.18 Å². The number of anilines is 2. The van der Waals surface area contributed by atoms with E-state index in [0.717, 1.165) is 17.3 Å². The zero-order valence-electron chi connectivity index (χ0n) is 22.4. The van der Waals surface area contributed by atoms with Gasteiger partial charge in [-0.15, -0.1) is 0 Å². The number of hydrogen-bond donors (Lipinski definition) is 1. The summed E-state index contributed by atoms with van der Waals surface area (Å²) in [5.41, 5.74) is 1.30. The molecule has 0 aliphatic carbocycles. The molecule has 0 saturated carbocycles. The molecule has 0 bridgehead atoms. The van der Waals surface area contributed by atoms with E-state index in [1.807, 2.05) is 55.2 Å². The minimum absolute atomic E-state index is 0.0120. The van der Waals surface area contributed by atoms with Gasteiger partial charge in [0.15, 0.2) is 5.96 Å². The van der Waals surface area contributed by atoms with E-state index >= 15 is 0 Å². The van der Waals surface area contributed by atoms with Gasteiger partial charge in [0.05, 0.1) is 12.2 Å². The second-order valence-electron chi connectivity index (χ2n) is 9.44. The van der Waals surface area contributed by atoms with Crippen molar-refractivity contribution < 1.29 is 13.2 Å². The Morgan fingerprint density at radius 1 is 1.05 bits per heavy atom. The Morgan fingerprint density at radius 3 is 2.24 bits per heavy atom. The highest BCUT2D eigenvalue weighted by Crippen LogP contribution is 2.35. The quantitative estimate of drug-likeness (QED) is 0.466. The van der Waals surface area contributed by atoms with Crippen molar-refractivity contribution in [2.45, 2.75) is 26.1 Å². The molecule has 1 fully saturated rings. The molecule has 1 N–H and O–H groups in total. The lowest BCUT2D eigenvalue weighted by Crippen LogP contribution is -2.48. The second-order valence-corrected chi connectivity index (χ2v) is 9.44. The number of piperazine rings is 1. The average Bonchev–Trinajstić information content (AvgIpc) is 2.88. The third kappa shape index (κ3) is 7.34. The number of halogens is 3. The molecule has 8 nitrogen and oxygen atoms in total. The lowest BCUT2D eigenvalue weighted by atomic mass is 10.2. The Balaban J connectivity index is 1.75. The highest BCUT2D eigenvalue weighted by atomic mass is 19.4. The fourth-order valence-electron chi connectivity index (χ4n) is 3.91. The Labute approximate surface area is 217 Å². The highest BCUT2D eigenvalue weighted by molar-refractivity contribution is 6.08. The monoisotopic (exact) mass is 518 g/mol. The van der Waals surface area contributed by atoms with Crippen LogP contribution in [0.15, 0.2) is 52.6 Å². The molecular formula is C26H37F3N8. The summed E-state index contributed by atoms with van der Waals surface area (Å²) in [4.78, 5) is 21.2. The number of nitrogens with zero attached hydrogens (tertiary/aromatic N) is 7. The standard InChI is InChI=1S/C26H37F3N8/c1-19(2)35(6)25(30-3)33-23(20-9-11-21(12-10-20)34(4)5)32-18-36-14-16-37(17-15-36)24-22(26(27,28)29)8-7-13-31-24/h7-13,19H,14-18H2,1-6H3,(H,30,32,33). The van der Waals surface area contributed by atoms with E-state index in [1.165, 1.54) is 12.3 Å². The fraction of sp³-hybridized carbons (Fsp3) is 0.500. The van der Waals surface area contributed by atoms with Gasteiger partial charge in [0.1, 0.15) is 11.7 Å². The van der Waals surface area contributed by atoms with Crippen molar-refractivity contribution in [3.05, 3.63) is 53.7 Å². The van der Waals surface area contributed by atoms with Gasteiger partial charge in [-0.1, -0.05) is 0 Å². The SMILES string of the molecule is CN=C(N/C(=N\CN1CCN(c2ncccc2C(F)(F)F)CC1)c1ccc(N(C)C)cc1)N(C)C(C)C. The summed E-state index contributed by atoms with van der Waals surface area (Å²) in [6, 6.07) is 10.7. The van der Waals surface area contributed by atoms with Crippen molar-refractivity contribution in [3.63, 3.8) is 0 Å². The molecule has 0 spiro atoms. The summed E-state index contributed by atoms with van der Waals surface area (Å²) >= 11 is 0. The van der Waals surface area contributed by atoms with Gasteiger partial charge in [-0.2, -0.15) is 13.2 Å². The molecule has 11 heteroatoms. The molecule has 202 valence electrons. The topological polar surface area (TPSA) is 62.6 Å². The minimum Gasteiger partial charge on any atom is -0.378 e. The van der Waals surface area contributed by atoms with E-state index in [-0.39, 0.29) is 11.9 Å². The molecule has 2 aromatic rings. The molecular weight excluding hydrogens is 481 g/mol. The van der Waals surface area contributed by atoms with Gasteiger partial charge in [0.25, 0.3) is 0 Å². The van der Waals surface area contributed by atoms with Crippen LogP contribution in [-0.4, -0.2) is 93.7 Å². The molecule has 1 aromatic heterocycles. The minimum atomic E-state index is -4.44. The van der Waals surface area contributed by atoms with Crippen LogP contribution in [0.3, 0.4) is 0 Å². The summed E-state index contributed by atoms with van der Waals surface area (Å²) in [6.07, 6.45) is -3.03. The highest BCUT2D eigenvalue weighted by Gasteiger charge is 2.36. The van der Waals surface area contributed by atoms with E-state index in [4.69, 9.17) is 4.99 Å². The zero-order chi connectivity index (χ0) is 27.2. The van der Waals surface area contributed by atoms with E-state index < -0.39 is 11.7 Å². The largest absolute Gasteiger partial charge is 0.419 e. The van der Waals surface area contributed by atoms with Gasteiger partial charge in [0, 0.05) is 77.9 Å². The third-order valence-corrected chi connectivity index (χ3v) is 6.40. The number of alkyl halides is 3. The first-order chi connectivity index (χ1) is 17.5. The van der Waals surface area contributed by atoms with E-state index in [0.29, 0.717) is 44.6 Å². The van der Waals surface area contributed by atoms with Crippen LogP contribution in [0.4, 0.5) is 24.7 Å². The number of rotatable bonds is 6. The number of aromatic nitrogens is 1. The van der Waals surface area contributed by atoms with Crippen LogP contribution in [0, 0.1) is 0 Å². The molecule has 0 amide bonds. The fourth-order valence-corrected chi connectivity index (χ4v) is 3.91. The molecule has 0 atom stereocenters. The van der Waals surface area contributed by atoms with E-state index in [9.17, 15) is 13.2 Å². The number of amidine groups is 1. The van der Waals surface area contributed by atoms with Crippen LogP contribution in [0.5, 0.6) is 0 Å². The summed E-state index contributed by atoms with van der Waals surface area (Å²) in [5, 5.41) is 3.39. The van der Waals surface area contributed by atoms with Crippen molar-refractivity contribution in [1.82, 2.24) is 20.1 Å². The lowest BCUT2D eigenvalue weighted by molar-refractivity contribution is -0.137. The predicted octanol–water partition coefficient (Wildman–Crippen LogP) is 3.61. The van der Waals surface area contributed by atoms with E-state index in [1.54, 1.807) is 11.9 Å². The maximum Gasteiger partial charge on any atom is 0.419 e. The van der Waals surface area contributed by atoms with Crippen LogP contribution in [0.2, 0.25) is 0 Å². The normalized spacial score (nSPS) is 15.8. The number of nitrogens with one attached hydrogen (secondary N) is 1. The molecule has 2 heterocycles. The number of hydrogen-bond acceptors (Lipinski definition) is 6. The molecule has 0 unspecified atom stereocenters. The Bertz CT molecular complexity index is 1070. The first kappa shape index (κ1) is 28.2. The summed E-state index contributed by atoms with van der Waals surface area (Å²) < 4.78 is 40.3. The number of aliphatic imine (C=N–C) groups is 2. The van der Waals surface area contributed by atoms with Gasteiger partial charge in [-0.25, -0.2) is 4.98 Å². The predicted molar refractivity (Wildman–Crippen MR) is 145 cm³/mol. The summed E-state index contributed by atoms with van der Waals surface area (Å²) in [6.45, 7) is 6.60. The third-order valence-electron chi connectivity index (χ3n) is 6.40. The molecule has 0 radical (unpaired) electrons. The van der Waals surface area contributed by atoms with Crippen LogP contribution < -0.4 is 15.1 Å². The molecule has 1 aliphatic heterocycles. The average molecular weight is 519 g/mol. The van der Waals surface area contributed by atoms with Gasteiger partial charge in [-0.3, -0.25) is 14.9 Å². The van der Waals surface area contributed by atoms with E-state index in [2.05, 4.69) is 34.0 Å². The van der Waals surface area contributed by atoms with Crippen molar-refractivity contribution in [2.75, 3.05) is 70.8 Å². The van der Waals surface area contributed by atoms with Crippen molar-refractivity contribution in [3.8, 4) is 0 Å². The molecule has 1 saturated heterocycles. The number of benzene rings is 1. The Morgan fingerprint density at radius 2 is 1.70 bits per heavy atom. The summed E-state index contributed by atoms with van der Waals surface area (Å²) in [5.74, 6) is 1.37. The van der Waals surface area contributed by atoms with Crippen LogP contribution in [0.1, 0.15) is 25.0 Å². The lowest BCUT2D eigenvalue weighted by Gasteiger charge is -2.35. The molecule has 1 aromatic carbocycles. The van der Waals surface area contributed by atoms with Crippen molar-refractivity contribution >= 4 is 23.3 Å². The Hall–Kier alpha value is -3.34. The Kier molecular flexibility index (Phi) is 9.36. The van der Waals surface area contributed by atoms with Crippen LogP contribution in [0.25, 0.3) is 0 Å². The number of guanidine groups is 1. The first-order valence-electron chi connectivity index (χ1n) is 12.3. The van der Waals surface area contributed by atoms with Crippen molar-refractivity contribution in [2.24, 2.45) is 9.98 Å². The van der Waals surface area contributed by atoms with Crippen molar-refractivity contribution in [1.29, 1.82) is 0 Å². The molecule has 37 heavy (non-hydrogen) atoms. The molecule has 3 rings (SSSR count). The van der Waals surface area contributed by atoms with Crippen LogP contribution in [-0.2, 0) is 6.18 Å².